The fourth-order valence-electron chi connectivity index (χ4n) is 4.26. The van der Waals surface area contributed by atoms with E-state index in [1.807, 2.05) is 6.07 Å². The van der Waals surface area contributed by atoms with Crippen molar-refractivity contribution in [1.29, 1.82) is 5.26 Å². The number of hydrogen-bond donors (Lipinski definition) is 2. The van der Waals surface area contributed by atoms with Gasteiger partial charge in [0.15, 0.2) is 0 Å². The number of aromatic nitrogens is 2. The zero-order valence-corrected chi connectivity index (χ0v) is 19.1. The normalized spacial score (nSPS) is 24.4. The Bertz CT molecular complexity index is 1160. The van der Waals surface area contributed by atoms with E-state index in [0.717, 1.165) is 12.5 Å². The number of nitriles is 1. The van der Waals surface area contributed by atoms with Crippen molar-refractivity contribution in [3.8, 4) is 11.9 Å². The molecule has 0 amide bonds. The number of nitrogens with zero attached hydrogens (tertiary/aromatic N) is 4. The lowest BCUT2D eigenvalue weighted by molar-refractivity contribution is -0.0271. The van der Waals surface area contributed by atoms with Gasteiger partial charge in [-0.15, -0.1) is 0 Å². The number of anilines is 1. The van der Waals surface area contributed by atoms with Crippen LogP contribution in [0.2, 0.25) is 0 Å². The van der Waals surface area contributed by atoms with Crippen LogP contribution in [0.25, 0.3) is 0 Å². The third kappa shape index (κ3) is 4.93. The molecule has 2 N–H and O–H groups in total. The Morgan fingerprint density at radius 3 is 2.67 bits per heavy atom. The first kappa shape index (κ1) is 23.4. The first-order valence-corrected chi connectivity index (χ1v) is 12.3. The minimum absolute atomic E-state index is 0.104. The van der Waals surface area contributed by atoms with Crippen molar-refractivity contribution in [3.63, 3.8) is 0 Å². The number of hydrogen-bond acceptors (Lipinski definition) is 8. The van der Waals surface area contributed by atoms with Crippen LogP contribution in [0.15, 0.2) is 35.4 Å². The molecule has 2 fully saturated rings. The molecule has 33 heavy (non-hydrogen) atoms. The van der Waals surface area contributed by atoms with Gasteiger partial charge in [0, 0.05) is 19.1 Å². The third-order valence-electron chi connectivity index (χ3n) is 6.21. The van der Waals surface area contributed by atoms with E-state index < -0.39 is 27.5 Å². The SMILES string of the molecule is C[C@]1(O)CCC[C@H]1Oc1nc(NC2CCN(S(=O)(=O)c3ccccc3F)CC2)ncc1C#N. The molecule has 0 bridgehead atoms. The van der Waals surface area contributed by atoms with Crippen molar-refractivity contribution in [2.45, 2.75) is 61.7 Å². The van der Waals surface area contributed by atoms with Crippen LogP contribution in [-0.2, 0) is 10.0 Å². The molecule has 1 aromatic heterocycles. The summed E-state index contributed by atoms with van der Waals surface area (Å²) in [6, 6.07) is 7.25. The molecular weight excluding hydrogens is 449 g/mol. The standard InChI is InChI=1S/C22H26FN5O4S/c1-22(29)10-4-7-19(22)32-20-15(13-24)14-25-21(27-20)26-16-8-11-28(12-9-16)33(30,31)18-6-3-2-5-17(18)23/h2-3,5-6,14,16,19,29H,4,7-12H2,1H3,(H,25,26,27)/t19-,22+/m1/s1. The predicted octanol–water partition coefficient (Wildman–Crippen LogP) is 2.43. The molecule has 2 aliphatic rings. The summed E-state index contributed by atoms with van der Waals surface area (Å²) in [6.07, 6.45) is 3.97. The molecule has 1 saturated carbocycles. The predicted molar refractivity (Wildman–Crippen MR) is 117 cm³/mol. The Morgan fingerprint density at radius 1 is 1.30 bits per heavy atom. The van der Waals surface area contributed by atoms with Crippen molar-refractivity contribution in [2.24, 2.45) is 0 Å². The molecule has 0 radical (unpaired) electrons. The summed E-state index contributed by atoms with van der Waals surface area (Å²) < 4.78 is 46.7. The van der Waals surface area contributed by atoms with Crippen LogP contribution < -0.4 is 10.1 Å². The van der Waals surface area contributed by atoms with E-state index >= 15 is 0 Å². The second-order valence-corrected chi connectivity index (χ2v) is 10.5. The van der Waals surface area contributed by atoms with Crippen molar-refractivity contribution < 1.29 is 22.7 Å². The highest BCUT2D eigenvalue weighted by molar-refractivity contribution is 7.89. The van der Waals surface area contributed by atoms with E-state index in [2.05, 4.69) is 15.3 Å². The summed E-state index contributed by atoms with van der Waals surface area (Å²) in [5.41, 5.74) is -0.809. The van der Waals surface area contributed by atoms with Crippen LogP contribution in [-0.4, -0.2) is 58.6 Å². The molecule has 176 valence electrons. The summed E-state index contributed by atoms with van der Waals surface area (Å²) in [7, 11) is -3.91. The lowest BCUT2D eigenvalue weighted by atomic mass is 10.0. The van der Waals surface area contributed by atoms with Crippen LogP contribution in [0.1, 0.15) is 44.6 Å². The van der Waals surface area contributed by atoms with Crippen molar-refractivity contribution >= 4 is 16.0 Å². The molecule has 4 rings (SSSR count). The van der Waals surface area contributed by atoms with Gasteiger partial charge in [0.2, 0.25) is 21.9 Å². The Balaban J connectivity index is 1.41. The van der Waals surface area contributed by atoms with Gasteiger partial charge in [-0.2, -0.15) is 14.6 Å². The summed E-state index contributed by atoms with van der Waals surface area (Å²) in [4.78, 5) is 8.18. The molecule has 2 heterocycles. The highest BCUT2D eigenvalue weighted by atomic mass is 32.2. The van der Waals surface area contributed by atoms with Gasteiger partial charge in [0.25, 0.3) is 0 Å². The van der Waals surface area contributed by atoms with E-state index in [1.165, 1.54) is 28.7 Å². The number of aliphatic hydroxyl groups is 1. The fraction of sp³-hybridized carbons (Fsp3) is 0.500. The van der Waals surface area contributed by atoms with Gasteiger partial charge in [-0.25, -0.2) is 17.8 Å². The summed E-state index contributed by atoms with van der Waals surface area (Å²) in [6.45, 7) is 2.15. The minimum atomic E-state index is -3.91. The molecule has 11 heteroatoms. The molecule has 9 nitrogen and oxygen atoms in total. The van der Waals surface area contributed by atoms with Crippen molar-refractivity contribution in [1.82, 2.24) is 14.3 Å². The van der Waals surface area contributed by atoms with E-state index in [1.54, 1.807) is 6.92 Å². The summed E-state index contributed by atoms with van der Waals surface area (Å²) in [5, 5.41) is 23.0. The summed E-state index contributed by atoms with van der Waals surface area (Å²) in [5.74, 6) is -0.392. The van der Waals surface area contributed by atoms with Gasteiger partial charge < -0.3 is 15.2 Å². The average molecular weight is 476 g/mol. The zero-order valence-electron chi connectivity index (χ0n) is 18.2. The Hall–Kier alpha value is -2.81. The van der Waals surface area contributed by atoms with Gasteiger partial charge in [-0.3, -0.25) is 0 Å². The molecule has 1 aliphatic carbocycles. The fourth-order valence-corrected chi connectivity index (χ4v) is 5.79. The smallest absolute Gasteiger partial charge is 0.245 e. The van der Waals surface area contributed by atoms with Crippen LogP contribution in [0.4, 0.5) is 10.3 Å². The maximum Gasteiger partial charge on any atom is 0.245 e. The number of ether oxygens (including phenoxy) is 1. The maximum atomic E-state index is 14.0. The van der Waals surface area contributed by atoms with Crippen LogP contribution >= 0.6 is 0 Å². The Kier molecular flexibility index (Phi) is 6.52. The van der Waals surface area contributed by atoms with Crippen LogP contribution in [0.5, 0.6) is 5.88 Å². The zero-order chi connectivity index (χ0) is 23.6. The Morgan fingerprint density at radius 2 is 2.03 bits per heavy atom. The Labute approximate surface area is 192 Å². The van der Waals surface area contributed by atoms with Crippen LogP contribution in [0.3, 0.4) is 0 Å². The van der Waals surface area contributed by atoms with E-state index in [-0.39, 0.29) is 41.4 Å². The number of halogens is 1. The van der Waals surface area contributed by atoms with Gasteiger partial charge in [0.05, 0.1) is 11.8 Å². The first-order chi connectivity index (χ1) is 15.7. The average Bonchev–Trinajstić information content (AvgIpc) is 3.12. The van der Waals surface area contributed by atoms with E-state index in [0.29, 0.717) is 25.7 Å². The molecule has 2 atom stereocenters. The molecule has 1 aliphatic heterocycles. The molecule has 0 spiro atoms. The number of piperidine rings is 1. The van der Waals surface area contributed by atoms with Gasteiger partial charge in [-0.1, -0.05) is 12.1 Å². The largest absolute Gasteiger partial charge is 0.470 e. The lowest BCUT2D eigenvalue weighted by Crippen LogP contribution is -2.42. The third-order valence-corrected chi connectivity index (χ3v) is 8.14. The summed E-state index contributed by atoms with van der Waals surface area (Å²) >= 11 is 0. The first-order valence-electron chi connectivity index (χ1n) is 10.9. The van der Waals surface area contributed by atoms with E-state index in [9.17, 15) is 23.2 Å². The highest BCUT2D eigenvalue weighted by Crippen LogP contribution is 2.33. The number of sulfonamides is 1. The highest BCUT2D eigenvalue weighted by Gasteiger charge is 2.39. The molecule has 2 aromatic rings. The second kappa shape index (κ2) is 9.21. The second-order valence-electron chi connectivity index (χ2n) is 8.63. The lowest BCUT2D eigenvalue weighted by Gasteiger charge is -2.31. The number of nitrogens with one attached hydrogen (secondary N) is 1. The number of rotatable bonds is 6. The van der Waals surface area contributed by atoms with E-state index in [4.69, 9.17) is 4.74 Å². The molecule has 1 aromatic carbocycles. The van der Waals surface area contributed by atoms with Gasteiger partial charge >= 0.3 is 0 Å². The minimum Gasteiger partial charge on any atom is -0.470 e. The van der Waals surface area contributed by atoms with Crippen molar-refractivity contribution in [2.75, 3.05) is 18.4 Å². The van der Waals surface area contributed by atoms with Crippen LogP contribution in [0, 0.1) is 17.1 Å². The monoisotopic (exact) mass is 475 g/mol. The van der Waals surface area contributed by atoms with Gasteiger partial charge in [0.1, 0.15) is 28.4 Å². The molecular formula is C22H26FN5O4S. The van der Waals surface area contributed by atoms with Gasteiger partial charge in [-0.05, 0) is 51.2 Å². The maximum absolute atomic E-state index is 14.0. The van der Waals surface area contributed by atoms with Crippen molar-refractivity contribution in [3.05, 3.63) is 41.8 Å². The molecule has 0 unspecified atom stereocenters. The quantitative estimate of drug-likeness (QED) is 0.652. The molecule has 1 saturated heterocycles. The topological polar surface area (TPSA) is 128 Å². The number of benzene rings is 1.